The number of nitrogens with one attached hydrogen (secondary N) is 2. The second kappa shape index (κ2) is 5.65. The molecule has 0 amide bonds. The fourth-order valence-corrected chi connectivity index (χ4v) is 3.12. The third kappa shape index (κ3) is 2.80. The van der Waals surface area contributed by atoms with Crippen LogP contribution in [-0.2, 0) is 19.5 Å². The summed E-state index contributed by atoms with van der Waals surface area (Å²) < 4.78 is 0. The van der Waals surface area contributed by atoms with Crippen molar-refractivity contribution < 1.29 is 0 Å². The number of fused-ring (bicyclic) bond motifs is 1. The van der Waals surface area contributed by atoms with Crippen LogP contribution in [0.2, 0.25) is 0 Å². The van der Waals surface area contributed by atoms with Crippen LogP contribution in [0.4, 0.5) is 0 Å². The Bertz CT molecular complexity index is 493. The van der Waals surface area contributed by atoms with Crippen LogP contribution in [0.1, 0.15) is 16.0 Å². The molecular weight excluding hydrogens is 240 g/mol. The van der Waals surface area contributed by atoms with Crippen molar-refractivity contribution in [1.82, 2.24) is 10.6 Å². The first kappa shape index (κ1) is 11.9. The SMILES string of the molecule is c1csc(CNCC2Cc3ccccc3CN2)c1. The lowest BCUT2D eigenvalue weighted by molar-refractivity contribution is 0.448. The van der Waals surface area contributed by atoms with E-state index in [0.29, 0.717) is 6.04 Å². The van der Waals surface area contributed by atoms with Gasteiger partial charge in [0.1, 0.15) is 0 Å². The molecule has 1 aliphatic rings. The number of thiophene rings is 1. The highest BCUT2D eigenvalue weighted by atomic mass is 32.1. The van der Waals surface area contributed by atoms with E-state index in [4.69, 9.17) is 0 Å². The molecule has 18 heavy (non-hydrogen) atoms. The van der Waals surface area contributed by atoms with Crippen LogP contribution < -0.4 is 10.6 Å². The zero-order valence-electron chi connectivity index (χ0n) is 10.4. The van der Waals surface area contributed by atoms with Gasteiger partial charge in [0.25, 0.3) is 0 Å². The lowest BCUT2D eigenvalue weighted by Gasteiger charge is -2.26. The summed E-state index contributed by atoms with van der Waals surface area (Å²) in [5.74, 6) is 0. The molecule has 0 aliphatic carbocycles. The molecule has 94 valence electrons. The average Bonchev–Trinajstić information content (AvgIpc) is 2.92. The van der Waals surface area contributed by atoms with Gasteiger partial charge >= 0.3 is 0 Å². The second-order valence-electron chi connectivity index (χ2n) is 4.76. The van der Waals surface area contributed by atoms with Crippen molar-refractivity contribution in [2.45, 2.75) is 25.6 Å². The van der Waals surface area contributed by atoms with Gasteiger partial charge in [0.2, 0.25) is 0 Å². The molecule has 0 spiro atoms. The molecule has 1 unspecified atom stereocenters. The first-order chi connectivity index (χ1) is 8.92. The van der Waals surface area contributed by atoms with Gasteiger partial charge < -0.3 is 10.6 Å². The van der Waals surface area contributed by atoms with E-state index >= 15 is 0 Å². The molecule has 0 saturated heterocycles. The fraction of sp³-hybridized carbons (Fsp3) is 0.333. The Morgan fingerprint density at radius 2 is 2.06 bits per heavy atom. The van der Waals surface area contributed by atoms with Crippen molar-refractivity contribution >= 4 is 11.3 Å². The molecule has 0 bridgehead atoms. The zero-order chi connectivity index (χ0) is 12.2. The van der Waals surface area contributed by atoms with Crippen molar-refractivity contribution in [3.8, 4) is 0 Å². The van der Waals surface area contributed by atoms with Gasteiger partial charge in [0.05, 0.1) is 0 Å². The zero-order valence-corrected chi connectivity index (χ0v) is 11.2. The van der Waals surface area contributed by atoms with E-state index in [1.54, 1.807) is 0 Å². The highest BCUT2D eigenvalue weighted by molar-refractivity contribution is 7.09. The van der Waals surface area contributed by atoms with Crippen LogP contribution in [0, 0.1) is 0 Å². The molecule has 3 rings (SSSR count). The number of rotatable bonds is 4. The molecule has 2 N–H and O–H groups in total. The van der Waals surface area contributed by atoms with Crippen molar-refractivity contribution in [2.24, 2.45) is 0 Å². The van der Waals surface area contributed by atoms with Crippen molar-refractivity contribution in [3.63, 3.8) is 0 Å². The first-order valence-electron chi connectivity index (χ1n) is 6.45. The predicted octanol–water partition coefficient (Wildman–Crippen LogP) is 2.55. The maximum atomic E-state index is 3.60. The van der Waals surface area contributed by atoms with Crippen LogP contribution in [0.25, 0.3) is 0 Å². The molecule has 1 aliphatic heterocycles. The van der Waals surface area contributed by atoms with Gasteiger partial charge in [0.15, 0.2) is 0 Å². The molecular formula is C15H18N2S. The highest BCUT2D eigenvalue weighted by Gasteiger charge is 2.16. The molecule has 0 fully saturated rings. The van der Waals surface area contributed by atoms with Gasteiger partial charge in [-0.15, -0.1) is 11.3 Å². The summed E-state index contributed by atoms with van der Waals surface area (Å²) in [5, 5.41) is 9.26. The first-order valence-corrected chi connectivity index (χ1v) is 7.33. The second-order valence-corrected chi connectivity index (χ2v) is 5.79. The minimum atomic E-state index is 0.555. The van der Waals surface area contributed by atoms with Crippen molar-refractivity contribution in [2.75, 3.05) is 6.54 Å². The van der Waals surface area contributed by atoms with Gasteiger partial charge in [-0.1, -0.05) is 30.3 Å². The van der Waals surface area contributed by atoms with Crippen molar-refractivity contribution in [3.05, 3.63) is 57.8 Å². The Kier molecular flexibility index (Phi) is 3.74. The van der Waals surface area contributed by atoms with E-state index in [0.717, 1.165) is 26.1 Å². The molecule has 1 atom stereocenters. The maximum absolute atomic E-state index is 3.60. The summed E-state index contributed by atoms with van der Waals surface area (Å²) >= 11 is 1.82. The van der Waals surface area contributed by atoms with Crippen molar-refractivity contribution in [1.29, 1.82) is 0 Å². The summed E-state index contributed by atoms with van der Waals surface area (Å²) in [4.78, 5) is 1.41. The van der Waals surface area contributed by atoms with Gasteiger partial charge in [-0.25, -0.2) is 0 Å². The lowest BCUT2D eigenvalue weighted by Crippen LogP contribution is -2.42. The minimum Gasteiger partial charge on any atom is -0.310 e. The van der Waals surface area contributed by atoms with Gasteiger partial charge in [-0.05, 0) is 29.0 Å². The van der Waals surface area contributed by atoms with E-state index in [2.05, 4.69) is 52.4 Å². The maximum Gasteiger partial charge on any atom is 0.0300 e. The fourth-order valence-electron chi connectivity index (χ4n) is 2.45. The lowest BCUT2D eigenvalue weighted by atomic mass is 9.96. The third-order valence-corrected chi connectivity index (χ3v) is 4.31. The summed E-state index contributed by atoms with van der Waals surface area (Å²) in [6, 6.07) is 13.6. The van der Waals surface area contributed by atoms with Gasteiger partial charge in [0, 0.05) is 30.6 Å². The van der Waals surface area contributed by atoms with Crippen LogP contribution >= 0.6 is 11.3 Å². The Hall–Kier alpha value is -1.16. The van der Waals surface area contributed by atoms with Gasteiger partial charge in [-0.3, -0.25) is 0 Å². The Morgan fingerprint density at radius 1 is 1.17 bits per heavy atom. The van der Waals surface area contributed by atoms with Crippen LogP contribution in [-0.4, -0.2) is 12.6 Å². The van der Waals surface area contributed by atoms with E-state index in [1.165, 1.54) is 16.0 Å². The molecule has 1 aromatic carbocycles. The van der Waals surface area contributed by atoms with Crippen LogP contribution in [0.5, 0.6) is 0 Å². The van der Waals surface area contributed by atoms with E-state index in [-0.39, 0.29) is 0 Å². The van der Waals surface area contributed by atoms with E-state index in [9.17, 15) is 0 Å². The van der Waals surface area contributed by atoms with Crippen LogP contribution in [0.15, 0.2) is 41.8 Å². The summed E-state index contributed by atoms with van der Waals surface area (Å²) in [6.07, 6.45) is 1.13. The Balaban J connectivity index is 1.51. The smallest absolute Gasteiger partial charge is 0.0300 e. The minimum absolute atomic E-state index is 0.555. The standard InChI is InChI=1S/C15H18N2S/c1-2-5-13-9-17-14(8-12(13)4-1)10-16-11-15-6-3-7-18-15/h1-7,14,16-17H,8-11H2. The van der Waals surface area contributed by atoms with E-state index < -0.39 is 0 Å². The quantitative estimate of drug-likeness (QED) is 0.880. The molecule has 0 saturated carbocycles. The third-order valence-electron chi connectivity index (χ3n) is 3.44. The number of hydrogen-bond acceptors (Lipinski definition) is 3. The Morgan fingerprint density at radius 3 is 2.89 bits per heavy atom. The largest absolute Gasteiger partial charge is 0.310 e. The van der Waals surface area contributed by atoms with E-state index in [1.807, 2.05) is 11.3 Å². The molecule has 3 heteroatoms. The predicted molar refractivity (Wildman–Crippen MR) is 76.8 cm³/mol. The van der Waals surface area contributed by atoms with Gasteiger partial charge in [-0.2, -0.15) is 0 Å². The number of benzene rings is 1. The normalized spacial score (nSPS) is 18.6. The molecule has 0 radical (unpaired) electrons. The molecule has 2 aromatic rings. The Labute approximate surface area is 112 Å². The van der Waals surface area contributed by atoms with Crippen LogP contribution in [0.3, 0.4) is 0 Å². The molecule has 2 nitrogen and oxygen atoms in total. The average molecular weight is 258 g/mol. The number of hydrogen-bond donors (Lipinski definition) is 2. The summed E-state index contributed by atoms with van der Waals surface area (Å²) in [6.45, 7) is 3.02. The highest BCUT2D eigenvalue weighted by Crippen LogP contribution is 2.16. The summed E-state index contributed by atoms with van der Waals surface area (Å²) in [5.41, 5.74) is 2.95. The topological polar surface area (TPSA) is 24.1 Å². The summed E-state index contributed by atoms with van der Waals surface area (Å²) in [7, 11) is 0. The molecule has 1 aromatic heterocycles. The monoisotopic (exact) mass is 258 g/mol. The molecule has 2 heterocycles.